The van der Waals surface area contributed by atoms with Crippen LogP contribution in [0.15, 0.2) is 78.9 Å². The van der Waals surface area contributed by atoms with Gasteiger partial charge in [0.05, 0.1) is 18.3 Å². The van der Waals surface area contributed by atoms with Crippen LogP contribution in [-0.2, 0) is 0 Å². The molecule has 5 rings (SSSR count). The van der Waals surface area contributed by atoms with Gasteiger partial charge in [0, 0.05) is 16.1 Å². The average molecular weight is 419 g/mol. The molecule has 0 fully saturated rings. The molecule has 0 amide bonds. The van der Waals surface area contributed by atoms with Crippen molar-refractivity contribution in [3.05, 3.63) is 101 Å². The summed E-state index contributed by atoms with van der Waals surface area (Å²) in [5, 5.41) is 2.89. The van der Waals surface area contributed by atoms with Crippen LogP contribution in [-0.4, -0.2) is 11.6 Å². The molecule has 1 N–H and O–H groups in total. The van der Waals surface area contributed by atoms with Crippen molar-refractivity contribution in [2.75, 3.05) is 6.61 Å². The number of benzene rings is 3. The Morgan fingerprint density at radius 1 is 1.00 bits per heavy atom. The van der Waals surface area contributed by atoms with Crippen LogP contribution in [0.25, 0.3) is 5.70 Å². The standard InChI is InChI=1S/C25H23ClN2O2/c1-2-15-29-20-13-9-18(10-14-20)25-28-23(21-5-3-4-6-24(21)30-25)16-22(27-28)17-7-11-19(26)12-8-17/h3-14,16,23,25,27H,2,15H2,1H3/t23-,25+/m0/s1. The first-order chi connectivity index (χ1) is 14.7. The Balaban J connectivity index is 1.48. The monoisotopic (exact) mass is 418 g/mol. The number of rotatable bonds is 5. The van der Waals surface area contributed by atoms with E-state index in [4.69, 9.17) is 21.1 Å². The smallest absolute Gasteiger partial charge is 0.195 e. The number of fused-ring (bicyclic) bond motifs is 3. The van der Waals surface area contributed by atoms with E-state index in [2.05, 4.69) is 47.7 Å². The zero-order valence-corrected chi connectivity index (χ0v) is 17.5. The van der Waals surface area contributed by atoms with E-state index in [-0.39, 0.29) is 12.3 Å². The molecule has 0 radical (unpaired) electrons. The highest BCUT2D eigenvalue weighted by Gasteiger charge is 2.39. The molecule has 0 spiro atoms. The van der Waals surface area contributed by atoms with Crippen LogP contribution >= 0.6 is 11.6 Å². The van der Waals surface area contributed by atoms with Crippen molar-refractivity contribution < 1.29 is 9.47 Å². The molecule has 2 atom stereocenters. The second kappa shape index (κ2) is 8.05. The first kappa shape index (κ1) is 19.0. The molecule has 0 saturated carbocycles. The largest absolute Gasteiger partial charge is 0.494 e. The van der Waals surface area contributed by atoms with Gasteiger partial charge in [0.1, 0.15) is 11.5 Å². The lowest BCUT2D eigenvalue weighted by molar-refractivity contribution is -0.0326. The Morgan fingerprint density at radius 3 is 2.53 bits per heavy atom. The SMILES string of the molecule is CCCOc1ccc([C@H]2Oc3ccccc3[C@@H]3C=C(c4ccc(Cl)cc4)NN23)cc1. The summed E-state index contributed by atoms with van der Waals surface area (Å²) in [5.41, 5.74) is 7.91. The van der Waals surface area contributed by atoms with Gasteiger partial charge in [-0.3, -0.25) is 0 Å². The van der Waals surface area contributed by atoms with Gasteiger partial charge in [-0.05, 0) is 48.4 Å². The number of hydrogen-bond acceptors (Lipinski definition) is 4. The highest BCUT2D eigenvalue weighted by atomic mass is 35.5. The molecule has 5 heteroatoms. The van der Waals surface area contributed by atoms with Gasteiger partial charge >= 0.3 is 0 Å². The van der Waals surface area contributed by atoms with Crippen LogP contribution in [0.3, 0.4) is 0 Å². The summed E-state index contributed by atoms with van der Waals surface area (Å²) in [4.78, 5) is 0. The van der Waals surface area contributed by atoms with Crippen LogP contribution in [0.1, 0.15) is 42.3 Å². The molecule has 0 bridgehead atoms. The van der Waals surface area contributed by atoms with Gasteiger partial charge < -0.3 is 14.9 Å². The molecule has 0 aromatic heterocycles. The topological polar surface area (TPSA) is 33.7 Å². The van der Waals surface area contributed by atoms with E-state index in [0.29, 0.717) is 0 Å². The summed E-state index contributed by atoms with van der Waals surface area (Å²) >= 11 is 6.07. The number of para-hydroxylation sites is 1. The van der Waals surface area contributed by atoms with Crippen LogP contribution in [0, 0.1) is 0 Å². The molecule has 2 aliphatic rings. The summed E-state index contributed by atoms with van der Waals surface area (Å²) in [5.74, 6) is 1.79. The third-order valence-electron chi connectivity index (χ3n) is 5.40. The van der Waals surface area contributed by atoms with Gasteiger partial charge in [0.15, 0.2) is 6.23 Å². The van der Waals surface area contributed by atoms with Crippen LogP contribution < -0.4 is 14.9 Å². The Kier molecular flexibility index (Phi) is 5.11. The van der Waals surface area contributed by atoms with Crippen molar-refractivity contribution in [1.29, 1.82) is 0 Å². The van der Waals surface area contributed by atoms with E-state index in [9.17, 15) is 0 Å². The normalized spacial score (nSPS) is 19.9. The van der Waals surface area contributed by atoms with Crippen LogP contribution in [0.2, 0.25) is 5.02 Å². The van der Waals surface area contributed by atoms with E-state index in [1.807, 2.05) is 48.5 Å². The minimum atomic E-state index is -0.258. The van der Waals surface area contributed by atoms with E-state index in [1.54, 1.807) is 0 Å². The molecule has 0 saturated heterocycles. The maximum absolute atomic E-state index is 6.42. The molecule has 152 valence electrons. The highest BCUT2D eigenvalue weighted by Crippen LogP contribution is 2.45. The van der Waals surface area contributed by atoms with Gasteiger partial charge in [0.25, 0.3) is 0 Å². The molecule has 30 heavy (non-hydrogen) atoms. The number of nitrogens with one attached hydrogen (secondary N) is 1. The average Bonchev–Trinajstić information content (AvgIpc) is 3.24. The van der Waals surface area contributed by atoms with Crippen molar-refractivity contribution in [2.45, 2.75) is 25.6 Å². The summed E-state index contributed by atoms with van der Waals surface area (Å²) in [6.45, 7) is 2.82. The molecule has 0 unspecified atom stereocenters. The number of hydrogen-bond donors (Lipinski definition) is 1. The lowest BCUT2D eigenvalue weighted by atomic mass is 10.0. The summed E-state index contributed by atoms with van der Waals surface area (Å²) in [7, 11) is 0. The number of halogens is 1. The molecule has 3 aromatic rings. The molecule has 3 aromatic carbocycles. The van der Waals surface area contributed by atoms with Crippen molar-refractivity contribution in [3.8, 4) is 11.5 Å². The fourth-order valence-electron chi connectivity index (χ4n) is 3.90. The van der Waals surface area contributed by atoms with Gasteiger partial charge in [-0.15, -0.1) is 0 Å². The Labute approximate surface area is 181 Å². The van der Waals surface area contributed by atoms with Gasteiger partial charge in [0.2, 0.25) is 0 Å². The Hall–Kier alpha value is -2.95. The third kappa shape index (κ3) is 3.53. The first-order valence-corrected chi connectivity index (χ1v) is 10.6. The van der Waals surface area contributed by atoms with Crippen molar-refractivity contribution >= 4 is 17.3 Å². The Morgan fingerprint density at radius 2 is 1.77 bits per heavy atom. The number of hydrazine groups is 1. The Bertz CT molecular complexity index is 1060. The van der Waals surface area contributed by atoms with E-state index >= 15 is 0 Å². The number of nitrogens with zero attached hydrogens (tertiary/aromatic N) is 1. The third-order valence-corrected chi connectivity index (χ3v) is 5.65. The summed E-state index contributed by atoms with van der Waals surface area (Å²) in [6, 6.07) is 24.3. The van der Waals surface area contributed by atoms with Crippen molar-refractivity contribution in [1.82, 2.24) is 10.4 Å². The lowest BCUT2D eigenvalue weighted by Crippen LogP contribution is -2.43. The minimum Gasteiger partial charge on any atom is -0.494 e. The molecule has 4 nitrogen and oxygen atoms in total. The molecule has 0 aliphatic carbocycles. The number of ether oxygens (including phenoxy) is 2. The molecule has 2 heterocycles. The quantitative estimate of drug-likeness (QED) is 0.541. The van der Waals surface area contributed by atoms with Gasteiger partial charge in [-0.1, -0.05) is 61.0 Å². The molecular weight excluding hydrogens is 396 g/mol. The second-order valence-corrected chi connectivity index (χ2v) is 7.91. The fourth-order valence-corrected chi connectivity index (χ4v) is 4.03. The van der Waals surface area contributed by atoms with Crippen molar-refractivity contribution in [2.24, 2.45) is 0 Å². The van der Waals surface area contributed by atoms with Gasteiger partial charge in [-0.25, -0.2) is 0 Å². The lowest BCUT2D eigenvalue weighted by Gasteiger charge is -2.39. The van der Waals surface area contributed by atoms with Crippen molar-refractivity contribution in [3.63, 3.8) is 0 Å². The van der Waals surface area contributed by atoms with E-state index in [0.717, 1.165) is 51.9 Å². The fraction of sp³-hybridized carbons (Fsp3) is 0.200. The maximum Gasteiger partial charge on any atom is 0.195 e. The maximum atomic E-state index is 6.42. The van der Waals surface area contributed by atoms with E-state index < -0.39 is 0 Å². The zero-order valence-electron chi connectivity index (χ0n) is 16.7. The highest BCUT2D eigenvalue weighted by molar-refractivity contribution is 6.30. The zero-order chi connectivity index (χ0) is 20.5. The molecule has 2 aliphatic heterocycles. The second-order valence-electron chi connectivity index (χ2n) is 7.48. The molecular formula is C25H23ClN2O2. The summed E-state index contributed by atoms with van der Waals surface area (Å²) in [6.07, 6.45) is 2.98. The van der Waals surface area contributed by atoms with Crippen LogP contribution in [0.4, 0.5) is 0 Å². The minimum absolute atomic E-state index is 0.0710. The first-order valence-electron chi connectivity index (χ1n) is 10.2. The predicted molar refractivity (Wildman–Crippen MR) is 119 cm³/mol. The van der Waals surface area contributed by atoms with E-state index in [1.165, 1.54) is 0 Å². The predicted octanol–water partition coefficient (Wildman–Crippen LogP) is 6.12. The summed E-state index contributed by atoms with van der Waals surface area (Å²) < 4.78 is 12.2. The van der Waals surface area contributed by atoms with Crippen LogP contribution in [0.5, 0.6) is 11.5 Å². The van der Waals surface area contributed by atoms with Gasteiger partial charge in [-0.2, -0.15) is 5.01 Å².